The summed E-state index contributed by atoms with van der Waals surface area (Å²) in [6.07, 6.45) is 0. The molecule has 7 heteroatoms. The molecule has 0 amide bonds. The predicted molar refractivity (Wildman–Crippen MR) is 53.3 cm³/mol. The van der Waals surface area contributed by atoms with Crippen LogP contribution in [0.4, 0.5) is 0 Å². The van der Waals surface area contributed by atoms with Crippen molar-refractivity contribution in [3.63, 3.8) is 0 Å². The molecule has 0 spiro atoms. The van der Waals surface area contributed by atoms with E-state index in [1.165, 1.54) is 0 Å². The van der Waals surface area contributed by atoms with Crippen LogP contribution in [0.25, 0.3) is 10.2 Å². The normalized spacial score (nSPS) is 10.4. The first kappa shape index (κ1) is 9.26. The topological polar surface area (TPSA) is 82.6 Å². The number of hydrogen-bond donors (Lipinski definition) is 3. The maximum absolute atomic E-state index is 10.9. The Balaban J connectivity index is 2.45. The number of fused-ring (bicyclic) bond motifs is 1. The number of thiazole rings is 1. The summed E-state index contributed by atoms with van der Waals surface area (Å²) in [6, 6.07) is 4.76. The fourth-order valence-corrected chi connectivity index (χ4v) is 1.89. The van der Waals surface area contributed by atoms with Gasteiger partial charge in [0.1, 0.15) is 5.75 Å². The van der Waals surface area contributed by atoms with Crippen LogP contribution in [0.3, 0.4) is 0 Å². The third kappa shape index (κ3) is 1.79. The van der Waals surface area contributed by atoms with E-state index >= 15 is 0 Å². The lowest BCUT2D eigenvalue weighted by molar-refractivity contribution is 0.288. The quantitative estimate of drug-likeness (QED) is 0.607. The lowest BCUT2D eigenvalue weighted by Crippen LogP contribution is -2.20. The third-order valence-electron chi connectivity index (χ3n) is 1.63. The van der Waals surface area contributed by atoms with Gasteiger partial charge in [-0.1, -0.05) is 11.3 Å². The van der Waals surface area contributed by atoms with Crippen molar-refractivity contribution >= 4 is 28.9 Å². The maximum Gasteiger partial charge on any atom is 0.707 e. The van der Waals surface area contributed by atoms with Crippen LogP contribution in [-0.4, -0.2) is 22.4 Å². The number of aromatic amines is 1. The summed E-state index contributed by atoms with van der Waals surface area (Å²) in [6.45, 7) is 0. The van der Waals surface area contributed by atoms with Gasteiger partial charge in [-0.15, -0.1) is 0 Å². The minimum absolute atomic E-state index is 0.151. The van der Waals surface area contributed by atoms with Gasteiger partial charge in [-0.3, -0.25) is 4.79 Å². The van der Waals surface area contributed by atoms with Gasteiger partial charge in [0.15, 0.2) is 0 Å². The van der Waals surface area contributed by atoms with Gasteiger partial charge in [-0.25, -0.2) is 0 Å². The van der Waals surface area contributed by atoms with Crippen LogP contribution in [0.1, 0.15) is 0 Å². The Morgan fingerprint density at radius 1 is 1.43 bits per heavy atom. The lowest BCUT2D eigenvalue weighted by Gasteiger charge is -2.02. The molecule has 1 aromatic carbocycles. The number of rotatable bonds is 2. The summed E-state index contributed by atoms with van der Waals surface area (Å²) in [4.78, 5) is 13.4. The summed E-state index contributed by atoms with van der Waals surface area (Å²) >= 11 is 1.04. The Hall–Kier alpha value is -1.31. The molecule has 0 saturated heterocycles. The van der Waals surface area contributed by atoms with Gasteiger partial charge in [-0.2, -0.15) is 0 Å². The van der Waals surface area contributed by atoms with Gasteiger partial charge >= 0.3 is 12.2 Å². The minimum atomic E-state index is -1.84. The van der Waals surface area contributed by atoms with Crippen LogP contribution in [0.15, 0.2) is 23.0 Å². The third-order valence-corrected chi connectivity index (χ3v) is 2.48. The summed E-state index contributed by atoms with van der Waals surface area (Å²) < 4.78 is 5.35. The standard InChI is InChI=1S/C7H6BNO4S/c10-7-9-5-2-1-4(13-8(11)12)3-6(5)14-7/h1-3,11-12H,(H,9,10). The predicted octanol–water partition coefficient (Wildman–Crippen LogP) is -0.0621. The molecule has 0 aliphatic carbocycles. The highest BCUT2D eigenvalue weighted by molar-refractivity contribution is 7.16. The van der Waals surface area contributed by atoms with Crippen molar-refractivity contribution in [3.8, 4) is 5.75 Å². The average Bonchev–Trinajstić information content (AvgIpc) is 2.42. The molecule has 1 aromatic heterocycles. The molecule has 14 heavy (non-hydrogen) atoms. The molecule has 0 saturated carbocycles. The molecule has 1 heterocycles. The highest BCUT2D eigenvalue weighted by Gasteiger charge is 2.11. The van der Waals surface area contributed by atoms with Crippen LogP contribution in [0, 0.1) is 0 Å². The van der Waals surface area contributed by atoms with Gasteiger partial charge < -0.3 is 19.7 Å². The van der Waals surface area contributed by atoms with Crippen molar-refractivity contribution in [3.05, 3.63) is 27.9 Å². The Labute approximate surface area is 82.8 Å². The molecular formula is C7H6BNO4S. The average molecular weight is 211 g/mol. The Morgan fingerprint density at radius 3 is 2.93 bits per heavy atom. The molecule has 0 bridgehead atoms. The molecule has 2 aromatic rings. The number of benzene rings is 1. The Morgan fingerprint density at radius 2 is 2.21 bits per heavy atom. The summed E-state index contributed by atoms with van der Waals surface area (Å²) in [5.74, 6) is 0.308. The van der Waals surface area contributed by atoms with E-state index in [1.807, 2.05) is 0 Å². The number of hydrogen-bond acceptors (Lipinski definition) is 5. The molecule has 0 atom stereocenters. The van der Waals surface area contributed by atoms with Gasteiger partial charge in [0.05, 0.1) is 10.2 Å². The van der Waals surface area contributed by atoms with Crippen molar-refractivity contribution in [1.29, 1.82) is 0 Å². The molecule has 3 N–H and O–H groups in total. The summed E-state index contributed by atoms with van der Waals surface area (Å²) in [7, 11) is -1.84. The molecule has 5 nitrogen and oxygen atoms in total. The fourth-order valence-electron chi connectivity index (χ4n) is 1.12. The number of nitrogens with one attached hydrogen (secondary N) is 1. The van der Waals surface area contributed by atoms with E-state index in [9.17, 15) is 4.79 Å². The van der Waals surface area contributed by atoms with E-state index in [0.29, 0.717) is 16.0 Å². The number of H-pyrrole nitrogens is 1. The number of aromatic nitrogens is 1. The summed E-state index contributed by atoms with van der Waals surface area (Å²) in [5, 5.41) is 17.1. The van der Waals surface area contributed by atoms with Gasteiger partial charge in [-0.05, 0) is 18.2 Å². The SMILES string of the molecule is O=c1[nH]c2ccc(OB(O)O)cc2s1. The van der Waals surface area contributed by atoms with E-state index in [-0.39, 0.29) is 4.87 Å². The lowest BCUT2D eigenvalue weighted by atomic mass is 10.2. The molecule has 0 fully saturated rings. The Bertz CT molecular complexity index is 506. The Kier molecular flexibility index (Phi) is 2.28. The van der Waals surface area contributed by atoms with E-state index in [2.05, 4.69) is 9.64 Å². The zero-order chi connectivity index (χ0) is 10.1. The van der Waals surface area contributed by atoms with Crippen LogP contribution in [-0.2, 0) is 0 Å². The molecule has 2 rings (SSSR count). The molecule has 0 radical (unpaired) electrons. The van der Waals surface area contributed by atoms with Crippen molar-refractivity contribution in [2.45, 2.75) is 0 Å². The van der Waals surface area contributed by atoms with E-state index in [4.69, 9.17) is 10.0 Å². The smallest absolute Gasteiger partial charge is 0.512 e. The van der Waals surface area contributed by atoms with E-state index in [1.54, 1.807) is 18.2 Å². The highest BCUT2D eigenvalue weighted by atomic mass is 32.1. The monoisotopic (exact) mass is 211 g/mol. The van der Waals surface area contributed by atoms with Crippen LogP contribution in [0.2, 0.25) is 0 Å². The van der Waals surface area contributed by atoms with Crippen molar-refractivity contribution < 1.29 is 14.7 Å². The molecule has 0 unspecified atom stereocenters. The molecule has 72 valence electrons. The molecule has 0 aliphatic rings. The second-order valence-electron chi connectivity index (χ2n) is 2.62. The van der Waals surface area contributed by atoms with E-state index in [0.717, 1.165) is 11.3 Å². The van der Waals surface area contributed by atoms with Crippen molar-refractivity contribution in [1.82, 2.24) is 4.98 Å². The second kappa shape index (κ2) is 3.45. The van der Waals surface area contributed by atoms with Gasteiger partial charge in [0.25, 0.3) is 0 Å². The van der Waals surface area contributed by atoms with Crippen LogP contribution < -0.4 is 9.53 Å². The zero-order valence-electron chi connectivity index (χ0n) is 6.93. The first-order chi connectivity index (χ1) is 6.65. The summed E-state index contributed by atoms with van der Waals surface area (Å²) in [5.41, 5.74) is 0.708. The van der Waals surface area contributed by atoms with Crippen molar-refractivity contribution in [2.75, 3.05) is 0 Å². The van der Waals surface area contributed by atoms with Gasteiger partial charge in [0, 0.05) is 0 Å². The second-order valence-corrected chi connectivity index (χ2v) is 3.63. The molecule has 0 aliphatic heterocycles. The largest absolute Gasteiger partial charge is 0.707 e. The van der Waals surface area contributed by atoms with Gasteiger partial charge in [0.2, 0.25) is 0 Å². The van der Waals surface area contributed by atoms with Crippen molar-refractivity contribution in [2.24, 2.45) is 0 Å². The maximum atomic E-state index is 10.9. The zero-order valence-corrected chi connectivity index (χ0v) is 7.75. The van der Waals surface area contributed by atoms with Crippen LogP contribution in [0.5, 0.6) is 5.75 Å². The fraction of sp³-hybridized carbons (Fsp3) is 0. The first-order valence-electron chi connectivity index (χ1n) is 3.81. The van der Waals surface area contributed by atoms with E-state index < -0.39 is 7.32 Å². The first-order valence-corrected chi connectivity index (χ1v) is 4.62. The van der Waals surface area contributed by atoms with Crippen LogP contribution >= 0.6 is 11.3 Å². The molecular weight excluding hydrogens is 205 g/mol. The minimum Gasteiger partial charge on any atom is -0.512 e. The highest BCUT2D eigenvalue weighted by Crippen LogP contribution is 2.21.